The molecule has 7 heteroatoms. The van der Waals surface area contributed by atoms with E-state index in [1.165, 1.54) is 17.0 Å². The summed E-state index contributed by atoms with van der Waals surface area (Å²) in [6.45, 7) is 0.535. The lowest BCUT2D eigenvalue weighted by molar-refractivity contribution is -0.274. The minimum absolute atomic E-state index is 0.0309. The molecule has 0 unspecified atom stereocenters. The molecule has 0 aliphatic heterocycles. The van der Waals surface area contributed by atoms with E-state index in [0.717, 1.165) is 25.0 Å². The van der Waals surface area contributed by atoms with Crippen molar-refractivity contribution in [2.24, 2.45) is 0 Å². The predicted molar refractivity (Wildman–Crippen MR) is 80.7 cm³/mol. The number of amides is 1. The third-order valence-corrected chi connectivity index (χ3v) is 4.95. The third kappa shape index (κ3) is 3.85. The summed E-state index contributed by atoms with van der Waals surface area (Å²) in [6.07, 6.45) is -2.67. The standard InChI is InChI=1S/C16H14F3NO2S/c17-16(18,19)22-12-5-3-11(4-6-12)14(21)20-10-15(7-8-15)13-2-1-9-23-13/h1-6,9H,7-8,10H2,(H,20,21). The summed E-state index contributed by atoms with van der Waals surface area (Å²) in [7, 11) is 0. The van der Waals surface area contributed by atoms with E-state index in [4.69, 9.17) is 0 Å². The van der Waals surface area contributed by atoms with E-state index < -0.39 is 6.36 Å². The number of halogens is 3. The van der Waals surface area contributed by atoms with Crippen LogP contribution in [-0.2, 0) is 5.41 Å². The molecule has 1 aliphatic carbocycles. The summed E-state index contributed by atoms with van der Waals surface area (Å²) in [4.78, 5) is 13.4. The molecule has 1 aromatic carbocycles. The summed E-state index contributed by atoms with van der Waals surface area (Å²) in [5.74, 6) is -0.641. The van der Waals surface area contributed by atoms with Gasteiger partial charge in [-0.25, -0.2) is 0 Å². The highest BCUT2D eigenvalue weighted by Gasteiger charge is 2.45. The van der Waals surface area contributed by atoms with Crippen molar-refractivity contribution in [2.75, 3.05) is 6.54 Å². The first-order valence-corrected chi connectivity index (χ1v) is 7.94. The molecule has 1 saturated carbocycles. The van der Waals surface area contributed by atoms with E-state index >= 15 is 0 Å². The Bertz CT molecular complexity index is 676. The van der Waals surface area contributed by atoms with E-state index in [0.29, 0.717) is 12.1 Å². The highest BCUT2D eigenvalue weighted by molar-refractivity contribution is 7.10. The van der Waals surface area contributed by atoms with Crippen molar-refractivity contribution >= 4 is 17.2 Å². The van der Waals surface area contributed by atoms with Crippen molar-refractivity contribution in [3.8, 4) is 5.75 Å². The number of benzene rings is 1. The first kappa shape index (κ1) is 15.9. The average molecular weight is 341 g/mol. The largest absolute Gasteiger partial charge is 0.573 e. The second-order valence-electron chi connectivity index (χ2n) is 5.51. The maximum Gasteiger partial charge on any atom is 0.573 e. The normalized spacial score (nSPS) is 16.0. The molecule has 23 heavy (non-hydrogen) atoms. The monoisotopic (exact) mass is 341 g/mol. The van der Waals surface area contributed by atoms with Crippen molar-refractivity contribution in [1.29, 1.82) is 0 Å². The van der Waals surface area contributed by atoms with Crippen LogP contribution in [-0.4, -0.2) is 18.8 Å². The highest BCUT2D eigenvalue weighted by Crippen LogP contribution is 2.49. The van der Waals surface area contributed by atoms with Crippen molar-refractivity contribution in [1.82, 2.24) is 5.32 Å². The first-order valence-electron chi connectivity index (χ1n) is 7.06. The van der Waals surface area contributed by atoms with Gasteiger partial charge in [-0.05, 0) is 48.6 Å². The van der Waals surface area contributed by atoms with Gasteiger partial charge in [-0.1, -0.05) is 6.07 Å². The minimum atomic E-state index is -4.73. The second-order valence-corrected chi connectivity index (χ2v) is 6.46. The summed E-state index contributed by atoms with van der Waals surface area (Å²) in [5, 5.41) is 4.87. The predicted octanol–water partition coefficient (Wildman–Crippen LogP) is 4.11. The van der Waals surface area contributed by atoms with Crippen LogP contribution in [0.15, 0.2) is 41.8 Å². The molecule has 1 fully saturated rings. The second kappa shape index (κ2) is 5.88. The van der Waals surface area contributed by atoms with Crippen LogP contribution in [0, 0.1) is 0 Å². The van der Waals surface area contributed by atoms with Crippen molar-refractivity contribution in [3.05, 3.63) is 52.2 Å². The maximum absolute atomic E-state index is 12.1. The number of hydrogen-bond acceptors (Lipinski definition) is 3. The molecule has 1 N–H and O–H groups in total. The number of hydrogen-bond donors (Lipinski definition) is 1. The number of carbonyl (C=O) groups is 1. The Morgan fingerprint density at radius 2 is 1.91 bits per heavy atom. The molecule has 0 spiro atoms. The van der Waals surface area contributed by atoms with Gasteiger partial charge in [0.2, 0.25) is 0 Å². The highest BCUT2D eigenvalue weighted by atomic mass is 32.1. The molecule has 2 aromatic rings. The van der Waals surface area contributed by atoms with Gasteiger partial charge in [-0.2, -0.15) is 0 Å². The van der Waals surface area contributed by atoms with Crippen LogP contribution in [0.1, 0.15) is 28.1 Å². The zero-order chi connectivity index (χ0) is 16.5. The number of alkyl halides is 3. The van der Waals surface area contributed by atoms with E-state index in [2.05, 4.69) is 16.1 Å². The smallest absolute Gasteiger partial charge is 0.406 e. The first-order chi connectivity index (χ1) is 10.9. The van der Waals surface area contributed by atoms with E-state index in [9.17, 15) is 18.0 Å². The molecule has 3 rings (SSSR count). The number of carbonyl (C=O) groups excluding carboxylic acids is 1. The lowest BCUT2D eigenvalue weighted by Gasteiger charge is -2.14. The van der Waals surface area contributed by atoms with Crippen LogP contribution in [0.5, 0.6) is 5.75 Å². The molecule has 3 nitrogen and oxygen atoms in total. The number of ether oxygens (including phenoxy) is 1. The average Bonchev–Trinajstić information content (AvgIpc) is 3.07. The van der Waals surface area contributed by atoms with Crippen molar-refractivity contribution in [3.63, 3.8) is 0 Å². The third-order valence-electron chi connectivity index (χ3n) is 3.83. The molecular formula is C16H14F3NO2S. The van der Waals surface area contributed by atoms with Crippen LogP contribution in [0.25, 0.3) is 0 Å². The SMILES string of the molecule is O=C(NCC1(c2cccs2)CC1)c1ccc(OC(F)(F)F)cc1. The molecule has 122 valence electrons. The van der Waals surface area contributed by atoms with Gasteiger partial charge in [-0.3, -0.25) is 4.79 Å². The van der Waals surface area contributed by atoms with Crippen LogP contribution >= 0.6 is 11.3 Å². The molecule has 0 atom stereocenters. The lowest BCUT2D eigenvalue weighted by atomic mass is 10.1. The Kier molecular flexibility index (Phi) is 4.06. The summed E-state index contributed by atoms with van der Waals surface area (Å²) >= 11 is 1.67. The fourth-order valence-corrected chi connectivity index (χ4v) is 3.39. The number of thiophene rings is 1. The van der Waals surface area contributed by atoms with Gasteiger partial charge in [0.05, 0.1) is 0 Å². The molecule has 1 amide bonds. The van der Waals surface area contributed by atoms with Gasteiger partial charge in [0.1, 0.15) is 5.75 Å². The zero-order valence-electron chi connectivity index (χ0n) is 12.0. The maximum atomic E-state index is 12.1. The molecule has 0 bridgehead atoms. The molecule has 1 heterocycles. The Morgan fingerprint density at radius 1 is 1.22 bits per heavy atom. The van der Waals surface area contributed by atoms with E-state index in [1.807, 2.05) is 11.4 Å². The van der Waals surface area contributed by atoms with E-state index in [-0.39, 0.29) is 17.1 Å². The van der Waals surface area contributed by atoms with Crippen molar-refractivity contribution < 1.29 is 22.7 Å². The van der Waals surface area contributed by atoms with Crippen LogP contribution < -0.4 is 10.1 Å². The Morgan fingerprint density at radius 3 is 2.43 bits per heavy atom. The number of nitrogens with one attached hydrogen (secondary N) is 1. The van der Waals surface area contributed by atoms with Gasteiger partial charge < -0.3 is 10.1 Å². The zero-order valence-corrected chi connectivity index (χ0v) is 12.8. The topological polar surface area (TPSA) is 38.3 Å². The Labute approximate surface area is 135 Å². The fourth-order valence-electron chi connectivity index (χ4n) is 2.40. The summed E-state index contributed by atoms with van der Waals surface area (Å²) < 4.78 is 40.1. The summed E-state index contributed by atoms with van der Waals surface area (Å²) in [5.41, 5.74) is 0.338. The van der Waals surface area contributed by atoms with Crippen LogP contribution in [0.4, 0.5) is 13.2 Å². The van der Waals surface area contributed by atoms with Gasteiger partial charge in [0.15, 0.2) is 0 Å². The van der Waals surface area contributed by atoms with Crippen LogP contribution in [0.2, 0.25) is 0 Å². The molecule has 0 radical (unpaired) electrons. The summed E-state index contributed by atoms with van der Waals surface area (Å²) in [6, 6.07) is 8.96. The molecular weight excluding hydrogens is 327 g/mol. The fraction of sp³-hybridized carbons (Fsp3) is 0.312. The molecule has 1 aromatic heterocycles. The Balaban J connectivity index is 1.59. The van der Waals surface area contributed by atoms with Gasteiger partial charge in [0.25, 0.3) is 5.91 Å². The van der Waals surface area contributed by atoms with Gasteiger partial charge in [-0.15, -0.1) is 24.5 Å². The van der Waals surface area contributed by atoms with Crippen molar-refractivity contribution in [2.45, 2.75) is 24.6 Å². The minimum Gasteiger partial charge on any atom is -0.406 e. The van der Waals surface area contributed by atoms with Gasteiger partial charge in [0, 0.05) is 22.4 Å². The molecule has 1 aliphatic rings. The van der Waals surface area contributed by atoms with Crippen LogP contribution in [0.3, 0.4) is 0 Å². The molecule has 0 saturated heterocycles. The Hall–Kier alpha value is -2.02. The number of rotatable bonds is 5. The van der Waals surface area contributed by atoms with E-state index in [1.54, 1.807) is 11.3 Å². The quantitative estimate of drug-likeness (QED) is 0.889. The van der Waals surface area contributed by atoms with Gasteiger partial charge >= 0.3 is 6.36 Å². The lowest BCUT2D eigenvalue weighted by Crippen LogP contribution is -2.31.